The summed E-state index contributed by atoms with van der Waals surface area (Å²) in [6, 6.07) is 18.5. The van der Waals surface area contributed by atoms with E-state index in [9.17, 15) is 14.4 Å². The highest BCUT2D eigenvalue weighted by Gasteiger charge is 2.16. The molecular weight excluding hydrogens is 408 g/mol. The van der Waals surface area contributed by atoms with Gasteiger partial charge in [0.25, 0.3) is 5.91 Å². The molecule has 0 aliphatic carbocycles. The van der Waals surface area contributed by atoms with Crippen LogP contribution in [0.15, 0.2) is 79.1 Å². The Morgan fingerprint density at radius 1 is 0.938 bits per heavy atom. The molecule has 2 amide bonds. The highest BCUT2D eigenvalue weighted by molar-refractivity contribution is 6.05. The number of amides is 2. The van der Waals surface area contributed by atoms with E-state index in [4.69, 9.17) is 10.5 Å². The molecule has 0 spiro atoms. The minimum atomic E-state index is -0.641. The number of nitrogens with zero attached hydrogens (tertiary/aromatic N) is 2. The van der Waals surface area contributed by atoms with Gasteiger partial charge in [-0.3, -0.25) is 14.6 Å². The van der Waals surface area contributed by atoms with Crippen LogP contribution in [0.5, 0.6) is 0 Å². The number of hydrogen-bond donors (Lipinski definition) is 2. The number of benzene rings is 2. The average Bonchev–Trinajstić information content (AvgIpc) is 2.82. The van der Waals surface area contributed by atoms with Crippen LogP contribution in [-0.2, 0) is 9.53 Å². The molecule has 0 radical (unpaired) electrons. The fourth-order valence-electron chi connectivity index (χ4n) is 3.14. The van der Waals surface area contributed by atoms with Crippen molar-refractivity contribution >= 4 is 34.4 Å². The van der Waals surface area contributed by atoms with Gasteiger partial charge >= 0.3 is 5.97 Å². The molecule has 4 aromatic rings. The molecule has 0 aliphatic rings. The molecule has 0 fully saturated rings. The minimum Gasteiger partial charge on any atom is -0.452 e. The maximum Gasteiger partial charge on any atom is 0.339 e. The van der Waals surface area contributed by atoms with Crippen molar-refractivity contribution in [3.8, 4) is 11.3 Å². The fourth-order valence-corrected chi connectivity index (χ4v) is 3.14. The number of rotatable bonds is 6. The number of carbonyl (C=O) groups is 3. The van der Waals surface area contributed by atoms with Crippen LogP contribution in [0.4, 0.5) is 5.69 Å². The molecule has 2 aromatic heterocycles. The lowest BCUT2D eigenvalue weighted by Gasteiger charge is -2.10. The molecule has 4 rings (SSSR count). The third-order valence-corrected chi connectivity index (χ3v) is 4.70. The second-order valence-corrected chi connectivity index (χ2v) is 6.87. The van der Waals surface area contributed by atoms with Crippen LogP contribution in [-0.4, -0.2) is 34.4 Å². The highest BCUT2D eigenvalue weighted by atomic mass is 16.5. The Morgan fingerprint density at radius 3 is 2.38 bits per heavy atom. The number of primary amides is 1. The van der Waals surface area contributed by atoms with Crippen LogP contribution < -0.4 is 11.1 Å². The minimum absolute atomic E-state index is 0.307. The topological polar surface area (TPSA) is 124 Å². The van der Waals surface area contributed by atoms with Crippen molar-refractivity contribution in [1.29, 1.82) is 0 Å². The summed E-state index contributed by atoms with van der Waals surface area (Å²) in [4.78, 5) is 44.8. The van der Waals surface area contributed by atoms with Crippen LogP contribution >= 0.6 is 0 Å². The Morgan fingerprint density at radius 2 is 1.66 bits per heavy atom. The molecule has 0 aliphatic heterocycles. The number of fused-ring (bicyclic) bond motifs is 1. The quantitative estimate of drug-likeness (QED) is 0.456. The number of nitrogens with two attached hydrogens (primary N) is 1. The van der Waals surface area contributed by atoms with E-state index in [1.54, 1.807) is 48.8 Å². The molecule has 0 bridgehead atoms. The molecule has 8 nitrogen and oxygen atoms in total. The lowest BCUT2D eigenvalue weighted by atomic mass is 10.0. The molecule has 0 atom stereocenters. The second-order valence-electron chi connectivity index (χ2n) is 6.87. The van der Waals surface area contributed by atoms with E-state index in [1.807, 2.05) is 6.07 Å². The number of nitrogens with one attached hydrogen (secondary N) is 1. The molecule has 0 unspecified atom stereocenters. The van der Waals surface area contributed by atoms with Crippen molar-refractivity contribution in [1.82, 2.24) is 9.97 Å². The van der Waals surface area contributed by atoms with Crippen LogP contribution in [0.25, 0.3) is 22.2 Å². The Labute approximate surface area is 183 Å². The van der Waals surface area contributed by atoms with Crippen LogP contribution in [0.2, 0.25) is 0 Å². The summed E-state index contributed by atoms with van der Waals surface area (Å²) in [5.74, 6) is -1.72. The van der Waals surface area contributed by atoms with Crippen molar-refractivity contribution < 1.29 is 19.1 Å². The van der Waals surface area contributed by atoms with Gasteiger partial charge in [0.05, 0.1) is 16.8 Å². The van der Waals surface area contributed by atoms with Gasteiger partial charge in [-0.2, -0.15) is 0 Å². The van der Waals surface area contributed by atoms with E-state index in [0.29, 0.717) is 33.4 Å². The molecule has 2 heterocycles. The van der Waals surface area contributed by atoms with Gasteiger partial charge in [0.1, 0.15) is 0 Å². The first-order valence-corrected chi connectivity index (χ1v) is 9.68. The molecule has 158 valence electrons. The average molecular weight is 426 g/mol. The van der Waals surface area contributed by atoms with E-state index in [1.165, 1.54) is 24.3 Å². The maximum atomic E-state index is 12.8. The van der Waals surface area contributed by atoms with E-state index < -0.39 is 24.4 Å². The zero-order valence-electron chi connectivity index (χ0n) is 16.8. The molecule has 32 heavy (non-hydrogen) atoms. The zero-order chi connectivity index (χ0) is 22.5. The van der Waals surface area contributed by atoms with E-state index in [-0.39, 0.29) is 0 Å². The van der Waals surface area contributed by atoms with Crippen molar-refractivity contribution in [3.05, 3.63) is 90.3 Å². The van der Waals surface area contributed by atoms with Gasteiger partial charge < -0.3 is 15.8 Å². The summed E-state index contributed by atoms with van der Waals surface area (Å²) < 4.78 is 5.26. The number of hydrogen-bond acceptors (Lipinski definition) is 6. The standard InChI is InChI=1S/C24H18N4O4/c25-23(30)16-5-7-17(8-6-16)27-22(29)14-32-24(31)19-13-21(15-9-11-26-12-10-15)28-20-4-2-1-3-18(19)20/h1-13H,14H2,(H2,25,30)(H,27,29). The predicted octanol–water partition coefficient (Wildman–Crippen LogP) is 3.19. The molecule has 8 heteroatoms. The van der Waals surface area contributed by atoms with Gasteiger partial charge in [0, 0.05) is 34.6 Å². The van der Waals surface area contributed by atoms with Gasteiger partial charge in [-0.1, -0.05) is 18.2 Å². The summed E-state index contributed by atoms with van der Waals surface area (Å²) >= 11 is 0. The SMILES string of the molecule is NC(=O)c1ccc(NC(=O)COC(=O)c2cc(-c3ccncc3)nc3ccccc23)cc1. The van der Waals surface area contributed by atoms with Crippen molar-refractivity contribution in [3.63, 3.8) is 0 Å². The number of carbonyl (C=O) groups excluding carboxylic acids is 3. The first kappa shape index (κ1) is 20.7. The third-order valence-electron chi connectivity index (χ3n) is 4.70. The van der Waals surface area contributed by atoms with Gasteiger partial charge in [-0.25, -0.2) is 9.78 Å². The monoisotopic (exact) mass is 426 g/mol. The number of aromatic nitrogens is 2. The molecule has 0 saturated heterocycles. The predicted molar refractivity (Wildman–Crippen MR) is 119 cm³/mol. The molecule has 0 saturated carbocycles. The largest absolute Gasteiger partial charge is 0.452 e. The van der Waals surface area contributed by atoms with Crippen molar-refractivity contribution in [2.24, 2.45) is 5.73 Å². The van der Waals surface area contributed by atoms with Crippen molar-refractivity contribution in [2.45, 2.75) is 0 Å². The van der Waals surface area contributed by atoms with Gasteiger partial charge in [0.2, 0.25) is 5.91 Å². The van der Waals surface area contributed by atoms with Gasteiger partial charge in [-0.15, -0.1) is 0 Å². The normalized spacial score (nSPS) is 10.5. The number of ether oxygens (including phenoxy) is 1. The maximum absolute atomic E-state index is 12.8. The van der Waals surface area contributed by atoms with Gasteiger partial charge in [0.15, 0.2) is 6.61 Å². The Hall–Kier alpha value is -4.59. The van der Waals surface area contributed by atoms with E-state index in [2.05, 4.69) is 15.3 Å². The third kappa shape index (κ3) is 4.59. The summed E-state index contributed by atoms with van der Waals surface area (Å²) in [5, 5.41) is 3.22. The van der Waals surface area contributed by atoms with Crippen LogP contribution in [0.1, 0.15) is 20.7 Å². The van der Waals surface area contributed by atoms with E-state index >= 15 is 0 Å². The second kappa shape index (κ2) is 9.05. The number of pyridine rings is 2. The smallest absolute Gasteiger partial charge is 0.339 e. The Kier molecular flexibility index (Phi) is 5.85. The van der Waals surface area contributed by atoms with Crippen LogP contribution in [0, 0.1) is 0 Å². The highest BCUT2D eigenvalue weighted by Crippen LogP contribution is 2.25. The molecule has 3 N–H and O–H groups in total. The number of para-hydroxylation sites is 1. The molecular formula is C24H18N4O4. The first-order valence-electron chi connectivity index (χ1n) is 9.68. The number of esters is 1. The lowest BCUT2D eigenvalue weighted by Crippen LogP contribution is -2.21. The zero-order valence-corrected chi connectivity index (χ0v) is 16.8. The number of anilines is 1. The molecule has 2 aromatic carbocycles. The Bertz CT molecular complexity index is 1300. The summed E-state index contributed by atoms with van der Waals surface area (Å²) in [6.07, 6.45) is 3.29. The van der Waals surface area contributed by atoms with Gasteiger partial charge in [-0.05, 0) is 48.5 Å². The lowest BCUT2D eigenvalue weighted by molar-refractivity contribution is -0.119. The van der Waals surface area contributed by atoms with Crippen LogP contribution in [0.3, 0.4) is 0 Å². The fraction of sp³-hybridized carbons (Fsp3) is 0.0417. The summed E-state index contributed by atoms with van der Waals surface area (Å²) in [6.45, 7) is -0.475. The summed E-state index contributed by atoms with van der Waals surface area (Å²) in [7, 11) is 0. The Balaban J connectivity index is 1.51. The van der Waals surface area contributed by atoms with Crippen molar-refractivity contribution in [2.75, 3.05) is 11.9 Å². The summed E-state index contributed by atoms with van der Waals surface area (Å²) in [5.41, 5.74) is 8.31. The first-order chi connectivity index (χ1) is 15.5. The van der Waals surface area contributed by atoms with E-state index in [0.717, 1.165) is 5.56 Å².